The average Bonchev–Trinajstić information content (AvgIpc) is 2.68. The molecule has 3 amide bonds. The molecule has 1 aromatic rings. The van der Waals surface area contributed by atoms with Crippen LogP contribution < -0.4 is 19.7 Å². The lowest BCUT2D eigenvalue weighted by molar-refractivity contribution is -0.115. The Hall–Kier alpha value is -2.24. The minimum Gasteiger partial charge on any atom is -0.486 e. The molecular weight excluding hydrogens is 224 g/mol. The van der Waals surface area contributed by atoms with E-state index in [9.17, 15) is 9.59 Å². The number of nitrogens with zero attached hydrogens (tertiary/aromatic N) is 1. The number of hydrogen-bond donors (Lipinski definition) is 1. The van der Waals surface area contributed by atoms with Crippen molar-refractivity contribution in [1.82, 2.24) is 5.32 Å². The molecule has 6 nitrogen and oxygen atoms in total. The molecule has 0 unspecified atom stereocenters. The van der Waals surface area contributed by atoms with Crippen LogP contribution in [-0.4, -0.2) is 31.7 Å². The van der Waals surface area contributed by atoms with Crippen molar-refractivity contribution in [3.05, 3.63) is 18.2 Å². The molecule has 0 radical (unpaired) electrons. The number of anilines is 1. The van der Waals surface area contributed by atoms with Crippen LogP contribution in [0.5, 0.6) is 11.5 Å². The van der Waals surface area contributed by atoms with Gasteiger partial charge in [-0.3, -0.25) is 4.79 Å². The lowest BCUT2D eigenvalue weighted by atomic mass is 10.2. The largest absolute Gasteiger partial charge is 0.486 e. The molecular formula is C11H10N2O4. The molecule has 1 N–H and O–H groups in total. The van der Waals surface area contributed by atoms with E-state index in [1.807, 2.05) is 0 Å². The Kier molecular flexibility index (Phi) is 2.14. The van der Waals surface area contributed by atoms with Crippen molar-refractivity contribution in [3.63, 3.8) is 0 Å². The lowest BCUT2D eigenvalue weighted by Gasteiger charge is -2.20. The van der Waals surface area contributed by atoms with E-state index in [1.165, 1.54) is 0 Å². The molecule has 0 spiro atoms. The number of rotatable bonds is 1. The zero-order valence-corrected chi connectivity index (χ0v) is 8.93. The van der Waals surface area contributed by atoms with Crippen LogP contribution in [0.4, 0.5) is 10.5 Å². The number of ether oxygens (including phenoxy) is 2. The van der Waals surface area contributed by atoms with Gasteiger partial charge in [0, 0.05) is 6.07 Å². The third-order valence-electron chi connectivity index (χ3n) is 2.63. The zero-order chi connectivity index (χ0) is 11.8. The van der Waals surface area contributed by atoms with E-state index in [4.69, 9.17) is 9.47 Å². The third-order valence-corrected chi connectivity index (χ3v) is 2.63. The minimum absolute atomic E-state index is 0.0350. The highest BCUT2D eigenvalue weighted by Crippen LogP contribution is 2.34. The fourth-order valence-electron chi connectivity index (χ4n) is 1.85. The summed E-state index contributed by atoms with van der Waals surface area (Å²) in [5.41, 5.74) is 0.495. The molecule has 17 heavy (non-hydrogen) atoms. The summed E-state index contributed by atoms with van der Waals surface area (Å²) in [5.74, 6) is 0.917. The minimum atomic E-state index is -0.410. The number of benzene rings is 1. The van der Waals surface area contributed by atoms with E-state index in [2.05, 4.69) is 5.32 Å². The highest BCUT2D eigenvalue weighted by Gasteiger charge is 2.30. The Morgan fingerprint density at radius 3 is 2.59 bits per heavy atom. The number of fused-ring (bicyclic) bond motifs is 1. The molecule has 2 heterocycles. The topological polar surface area (TPSA) is 67.9 Å². The summed E-state index contributed by atoms with van der Waals surface area (Å²) in [7, 11) is 0. The Labute approximate surface area is 97.1 Å². The van der Waals surface area contributed by atoms with E-state index in [1.54, 1.807) is 18.2 Å². The van der Waals surface area contributed by atoms with Gasteiger partial charge >= 0.3 is 6.03 Å². The molecule has 88 valence electrons. The maximum absolute atomic E-state index is 11.5. The average molecular weight is 234 g/mol. The van der Waals surface area contributed by atoms with Gasteiger partial charge < -0.3 is 14.8 Å². The Balaban J connectivity index is 1.98. The van der Waals surface area contributed by atoms with E-state index >= 15 is 0 Å². The molecule has 0 aliphatic carbocycles. The number of carbonyl (C=O) groups excluding carboxylic acids is 2. The van der Waals surface area contributed by atoms with Crippen LogP contribution in [0.1, 0.15) is 0 Å². The molecule has 0 aromatic heterocycles. The van der Waals surface area contributed by atoms with Crippen LogP contribution in [-0.2, 0) is 4.79 Å². The van der Waals surface area contributed by atoms with Crippen molar-refractivity contribution in [3.8, 4) is 11.5 Å². The smallest absolute Gasteiger partial charge is 0.329 e. The second kappa shape index (κ2) is 3.65. The standard InChI is InChI=1S/C11H10N2O4/c14-10-6-12-11(15)13(10)7-1-2-8-9(5-7)17-4-3-16-8/h1-2,5H,3-4,6H2,(H,12,15). The lowest BCUT2D eigenvalue weighted by Crippen LogP contribution is -2.30. The summed E-state index contributed by atoms with van der Waals surface area (Å²) in [6.07, 6.45) is 0. The fourth-order valence-corrected chi connectivity index (χ4v) is 1.85. The van der Waals surface area contributed by atoms with Crippen molar-refractivity contribution in [2.75, 3.05) is 24.7 Å². The first-order valence-corrected chi connectivity index (χ1v) is 5.26. The first kappa shape index (κ1) is 9.95. The number of imide groups is 1. The normalized spacial score (nSPS) is 18.2. The Morgan fingerprint density at radius 2 is 1.88 bits per heavy atom. The Bertz CT molecular complexity index is 484. The SMILES string of the molecule is O=C1CNC(=O)N1c1ccc2c(c1)OCCO2. The van der Waals surface area contributed by atoms with Gasteiger partial charge in [-0.2, -0.15) is 0 Å². The molecule has 1 fully saturated rings. The Morgan fingerprint density at radius 1 is 1.12 bits per heavy atom. The van der Waals surface area contributed by atoms with Crippen LogP contribution >= 0.6 is 0 Å². The molecule has 0 atom stereocenters. The molecule has 2 aliphatic heterocycles. The summed E-state index contributed by atoms with van der Waals surface area (Å²) in [6, 6.07) is 4.59. The van der Waals surface area contributed by atoms with E-state index < -0.39 is 6.03 Å². The number of nitrogens with one attached hydrogen (secondary N) is 1. The van der Waals surface area contributed by atoms with Crippen molar-refractivity contribution >= 4 is 17.6 Å². The van der Waals surface area contributed by atoms with Crippen LogP contribution in [0.15, 0.2) is 18.2 Å². The highest BCUT2D eigenvalue weighted by atomic mass is 16.6. The van der Waals surface area contributed by atoms with Crippen LogP contribution in [0.25, 0.3) is 0 Å². The number of urea groups is 1. The first-order valence-electron chi connectivity index (χ1n) is 5.26. The molecule has 6 heteroatoms. The highest BCUT2D eigenvalue weighted by molar-refractivity contribution is 6.19. The van der Waals surface area contributed by atoms with Gasteiger partial charge in [-0.15, -0.1) is 0 Å². The zero-order valence-electron chi connectivity index (χ0n) is 8.93. The maximum atomic E-state index is 11.5. The molecule has 3 rings (SSSR count). The van der Waals surface area contributed by atoms with Gasteiger partial charge in [-0.05, 0) is 12.1 Å². The van der Waals surface area contributed by atoms with Crippen molar-refractivity contribution < 1.29 is 19.1 Å². The van der Waals surface area contributed by atoms with Gasteiger partial charge in [0.15, 0.2) is 11.5 Å². The number of hydrogen-bond acceptors (Lipinski definition) is 4. The van der Waals surface area contributed by atoms with Gasteiger partial charge in [0.2, 0.25) is 0 Å². The quantitative estimate of drug-likeness (QED) is 0.719. The van der Waals surface area contributed by atoms with Crippen LogP contribution in [0.3, 0.4) is 0 Å². The number of amides is 3. The summed E-state index contributed by atoms with van der Waals surface area (Å²) < 4.78 is 10.8. The fraction of sp³-hybridized carbons (Fsp3) is 0.273. The van der Waals surface area contributed by atoms with Crippen molar-refractivity contribution in [2.45, 2.75) is 0 Å². The van der Waals surface area contributed by atoms with Gasteiger partial charge in [0.1, 0.15) is 13.2 Å². The number of carbonyl (C=O) groups is 2. The van der Waals surface area contributed by atoms with Gasteiger partial charge in [0.25, 0.3) is 5.91 Å². The predicted molar refractivity (Wildman–Crippen MR) is 58.3 cm³/mol. The molecule has 1 aromatic carbocycles. The molecule has 1 saturated heterocycles. The third kappa shape index (κ3) is 1.57. The van der Waals surface area contributed by atoms with Crippen LogP contribution in [0.2, 0.25) is 0 Å². The second-order valence-electron chi connectivity index (χ2n) is 3.72. The molecule has 2 aliphatic rings. The van der Waals surface area contributed by atoms with E-state index in [0.717, 1.165) is 4.90 Å². The summed E-state index contributed by atoms with van der Waals surface area (Å²) in [6.45, 7) is 1.01. The van der Waals surface area contributed by atoms with Gasteiger partial charge in [-0.1, -0.05) is 0 Å². The van der Waals surface area contributed by atoms with E-state index in [0.29, 0.717) is 30.4 Å². The first-order chi connectivity index (χ1) is 8.25. The van der Waals surface area contributed by atoms with Gasteiger partial charge in [0.05, 0.1) is 12.2 Å². The molecule has 0 bridgehead atoms. The monoisotopic (exact) mass is 234 g/mol. The summed E-state index contributed by atoms with van der Waals surface area (Å²) in [5, 5.41) is 2.46. The van der Waals surface area contributed by atoms with Crippen molar-refractivity contribution in [1.29, 1.82) is 0 Å². The summed E-state index contributed by atoms with van der Waals surface area (Å²) >= 11 is 0. The second-order valence-corrected chi connectivity index (χ2v) is 3.72. The molecule has 0 saturated carbocycles. The van der Waals surface area contributed by atoms with Crippen molar-refractivity contribution in [2.24, 2.45) is 0 Å². The predicted octanol–water partition coefficient (Wildman–Crippen LogP) is 0.514. The van der Waals surface area contributed by atoms with E-state index in [-0.39, 0.29) is 12.5 Å². The van der Waals surface area contributed by atoms with Crippen LogP contribution in [0, 0.1) is 0 Å². The maximum Gasteiger partial charge on any atom is 0.329 e. The summed E-state index contributed by atoms with van der Waals surface area (Å²) in [4.78, 5) is 24.1. The van der Waals surface area contributed by atoms with Gasteiger partial charge in [-0.25, -0.2) is 9.69 Å².